The molecule has 120 valence electrons. The first kappa shape index (κ1) is 17.3. The lowest BCUT2D eigenvalue weighted by atomic mass is 10.0. The van der Waals surface area contributed by atoms with Gasteiger partial charge in [-0.25, -0.2) is 4.98 Å². The largest absolute Gasteiger partial charge is 0.484 e. The average Bonchev–Trinajstić information content (AvgIpc) is 2.76. The summed E-state index contributed by atoms with van der Waals surface area (Å²) in [7, 11) is 0. The van der Waals surface area contributed by atoms with Crippen LogP contribution in [0.5, 0.6) is 5.75 Å². The maximum atomic E-state index is 12.1. The molecule has 0 spiro atoms. The summed E-state index contributed by atoms with van der Waals surface area (Å²) in [6.45, 7) is 2.98. The first-order valence-electron chi connectivity index (χ1n) is 6.70. The van der Waals surface area contributed by atoms with Gasteiger partial charge in [-0.15, -0.1) is 11.3 Å². The van der Waals surface area contributed by atoms with Crippen LogP contribution in [0.25, 0.3) is 11.3 Å². The lowest BCUT2D eigenvalue weighted by Crippen LogP contribution is -2.19. The van der Waals surface area contributed by atoms with Gasteiger partial charge in [0.05, 0.1) is 5.69 Å². The van der Waals surface area contributed by atoms with Crippen molar-refractivity contribution in [3.63, 3.8) is 0 Å². The first-order chi connectivity index (χ1) is 10.2. The SMILES string of the molecule is CC(C)Cc1sc(Br)nc1-c1ccc(OCC(F)(F)F)cc1. The van der Waals surface area contributed by atoms with Gasteiger partial charge in [-0.2, -0.15) is 13.2 Å². The fourth-order valence-corrected chi connectivity index (χ4v) is 3.71. The fourth-order valence-electron chi connectivity index (χ4n) is 1.93. The third-order valence-electron chi connectivity index (χ3n) is 2.80. The molecule has 0 fully saturated rings. The number of aromatic nitrogens is 1. The number of alkyl halides is 3. The van der Waals surface area contributed by atoms with E-state index in [2.05, 4.69) is 34.8 Å². The van der Waals surface area contributed by atoms with Crippen molar-refractivity contribution in [1.29, 1.82) is 0 Å². The van der Waals surface area contributed by atoms with Gasteiger partial charge in [0.25, 0.3) is 0 Å². The molecule has 1 aromatic carbocycles. The van der Waals surface area contributed by atoms with E-state index in [0.717, 1.165) is 26.5 Å². The summed E-state index contributed by atoms with van der Waals surface area (Å²) in [5.41, 5.74) is 1.74. The van der Waals surface area contributed by atoms with Crippen LogP contribution in [0.15, 0.2) is 28.2 Å². The smallest absolute Gasteiger partial charge is 0.422 e. The van der Waals surface area contributed by atoms with Crippen molar-refractivity contribution < 1.29 is 17.9 Å². The second-order valence-corrected chi connectivity index (χ2v) is 7.62. The van der Waals surface area contributed by atoms with Crippen LogP contribution in [0.4, 0.5) is 13.2 Å². The molecular formula is C15H15BrF3NOS. The number of hydrogen-bond acceptors (Lipinski definition) is 3. The van der Waals surface area contributed by atoms with Gasteiger partial charge in [-0.3, -0.25) is 0 Å². The van der Waals surface area contributed by atoms with Crippen molar-refractivity contribution in [1.82, 2.24) is 4.98 Å². The maximum Gasteiger partial charge on any atom is 0.422 e. The molecule has 2 nitrogen and oxygen atoms in total. The number of thiazole rings is 1. The fraction of sp³-hybridized carbons (Fsp3) is 0.400. The lowest BCUT2D eigenvalue weighted by Gasteiger charge is -2.10. The highest BCUT2D eigenvalue weighted by molar-refractivity contribution is 9.11. The number of ether oxygens (including phenoxy) is 1. The molecule has 0 aliphatic rings. The quantitative estimate of drug-likeness (QED) is 0.648. The van der Waals surface area contributed by atoms with Gasteiger partial charge in [0.15, 0.2) is 10.5 Å². The van der Waals surface area contributed by atoms with Crippen LogP contribution in [0.1, 0.15) is 18.7 Å². The summed E-state index contributed by atoms with van der Waals surface area (Å²) in [6, 6.07) is 6.54. The molecule has 2 aromatic rings. The zero-order valence-electron chi connectivity index (χ0n) is 12.1. The van der Waals surface area contributed by atoms with Crippen molar-refractivity contribution in [3.8, 4) is 17.0 Å². The summed E-state index contributed by atoms with van der Waals surface area (Å²) in [5.74, 6) is 0.696. The molecule has 0 aliphatic heterocycles. The summed E-state index contributed by atoms with van der Waals surface area (Å²) < 4.78 is 41.9. The molecule has 0 amide bonds. The van der Waals surface area contributed by atoms with Crippen molar-refractivity contribution in [3.05, 3.63) is 33.1 Å². The molecule has 0 N–H and O–H groups in total. The predicted octanol–water partition coefficient (Wildman–Crippen LogP) is 5.71. The Morgan fingerprint density at radius 3 is 2.41 bits per heavy atom. The maximum absolute atomic E-state index is 12.1. The summed E-state index contributed by atoms with van der Waals surface area (Å²) in [6.07, 6.45) is -3.42. The van der Waals surface area contributed by atoms with E-state index in [-0.39, 0.29) is 5.75 Å². The monoisotopic (exact) mass is 393 g/mol. The number of hydrogen-bond donors (Lipinski definition) is 0. The van der Waals surface area contributed by atoms with E-state index >= 15 is 0 Å². The molecule has 0 saturated heterocycles. The van der Waals surface area contributed by atoms with Crippen LogP contribution in [0.2, 0.25) is 0 Å². The first-order valence-corrected chi connectivity index (χ1v) is 8.31. The third-order valence-corrected chi connectivity index (χ3v) is 4.32. The summed E-state index contributed by atoms with van der Waals surface area (Å²) in [4.78, 5) is 5.62. The second-order valence-electron chi connectivity index (χ2n) is 5.26. The highest BCUT2D eigenvalue weighted by Gasteiger charge is 2.28. The predicted molar refractivity (Wildman–Crippen MR) is 85.3 cm³/mol. The Morgan fingerprint density at radius 2 is 1.86 bits per heavy atom. The second kappa shape index (κ2) is 7.00. The molecule has 0 saturated carbocycles. The van der Waals surface area contributed by atoms with E-state index in [0.29, 0.717) is 5.92 Å². The molecule has 0 aliphatic carbocycles. The van der Waals surface area contributed by atoms with Crippen LogP contribution in [-0.4, -0.2) is 17.8 Å². The third kappa shape index (κ3) is 4.98. The molecule has 7 heteroatoms. The topological polar surface area (TPSA) is 22.1 Å². The molecular weight excluding hydrogens is 379 g/mol. The molecule has 1 heterocycles. The van der Waals surface area contributed by atoms with E-state index in [4.69, 9.17) is 4.74 Å². The van der Waals surface area contributed by atoms with Crippen molar-refractivity contribution in [2.24, 2.45) is 5.92 Å². The minimum atomic E-state index is -4.33. The van der Waals surface area contributed by atoms with Crippen molar-refractivity contribution >= 4 is 27.3 Å². The number of nitrogens with zero attached hydrogens (tertiary/aromatic N) is 1. The van der Waals surface area contributed by atoms with E-state index in [1.165, 1.54) is 12.1 Å². The molecule has 1 aromatic heterocycles. The van der Waals surface area contributed by atoms with Crippen molar-refractivity contribution in [2.75, 3.05) is 6.61 Å². The highest BCUT2D eigenvalue weighted by atomic mass is 79.9. The van der Waals surface area contributed by atoms with E-state index in [9.17, 15) is 13.2 Å². The molecule has 0 atom stereocenters. The number of benzene rings is 1. The van der Waals surface area contributed by atoms with Crippen LogP contribution in [0.3, 0.4) is 0 Å². The van der Waals surface area contributed by atoms with Gasteiger partial charge in [0, 0.05) is 10.4 Å². The standard InChI is InChI=1S/C15H15BrF3NOS/c1-9(2)7-12-13(20-14(16)22-12)10-3-5-11(6-4-10)21-8-15(17,18)19/h3-6,9H,7-8H2,1-2H3. The molecule has 0 radical (unpaired) electrons. The summed E-state index contributed by atoms with van der Waals surface area (Å²) >= 11 is 4.97. The van der Waals surface area contributed by atoms with Gasteiger partial charge < -0.3 is 4.74 Å². The Hall–Kier alpha value is -1.08. The minimum Gasteiger partial charge on any atom is -0.484 e. The van der Waals surface area contributed by atoms with Gasteiger partial charge >= 0.3 is 6.18 Å². The lowest BCUT2D eigenvalue weighted by molar-refractivity contribution is -0.153. The van der Waals surface area contributed by atoms with Gasteiger partial charge in [0.2, 0.25) is 0 Å². The Kier molecular flexibility index (Phi) is 5.50. The van der Waals surface area contributed by atoms with Gasteiger partial charge in [-0.1, -0.05) is 13.8 Å². The Balaban J connectivity index is 2.17. The zero-order valence-corrected chi connectivity index (χ0v) is 14.5. The van der Waals surface area contributed by atoms with E-state index in [1.807, 2.05) is 0 Å². The Bertz CT molecular complexity index is 623. The molecule has 2 rings (SSSR count). The van der Waals surface area contributed by atoms with Crippen LogP contribution in [0, 0.1) is 5.92 Å². The zero-order chi connectivity index (χ0) is 16.3. The van der Waals surface area contributed by atoms with Gasteiger partial charge in [-0.05, 0) is 52.5 Å². The van der Waals surface area contributed by atoms with Crippen LogP contribution >= 0.6 is 27.3 Å². The molecule has 22 heavy (non-hydrogen) atoms. The number of halogens is 4. The van der Waals surface area contributed by atoms with Crippen LogP contribution in [-0.2, 0) is 6.42 Å². The van der Waals surface area contributed by atoms with E-state index in [1.54, 1.807) is 23.5 Å². The normalized spacial score (nSPS) is 12.0. The average molecular weight is 394 g/mol. The Labute approximate surface area is 139 Å². The minimum absolute atomic E-state index is 0.195. The van der Waals surface area contributed by atoms with Crippen molar-refractivity contribution in [2.45, 2.75) is 26.4 Å². The molecule has 0 bridgehead atoms. The summed E-state index contributed by atoms with van der Waals surface area (Å²) in [5, 5.41) is 0. The van der Waals surface area contributed by atoms with Gasteiger partial charge in [0.1, 0.15) is 5.75 Å². The van der Waals surface area contributed by atoms with E-state index < -0.39 is 12.8 Å². The Morgan fingerprint density at radius 1 is 1.23 bits per heavy atom. The number of rotatable bonds is 5. The molecule has 0 unspecified atom stereocenters. The highest BCUT2D eigenvalue weighted by Crippen LogP contribution is 2.33. The van der Waals surface area contributed by atoms with Crippen LogP contribution < -0.4 is 4.74 Å².